The van der Waals surface area contributed by atoms with E-state index in [1.165, 1.54) is 5.56 Å². The van der Waals surface area contributed by atoms with Gasteiger partial charge in [0.1, 0.15) is 0 Å². The molecule has 1 spiro atoms. The van der Waals surface area contributed by atoms with E-state index >= 15 is 0 Å². The van der Waals surface area contributed by atoms with Crippen LogP contribution >= 0.6 is 0 Å². The van der Waals surface area contributed by atoms with Crippen LogP contribution in [0.5, 0.6) is 0 Å². The number of carbonyl (C=O) groups excluding carboxylic acids is 1. The van der Waals surface area contributed by atoms with Crippen LogP contribution in [0, 0.1) is 0 Å². The summed E-state index contributed by atoms with van der Waals surface area (Å²) in [7, 11) is 0. The van der Waals surface area contributed by atoms with E-state index in [0.717, 1.165) is 50.1 Å². The van der Waals surface area contributed by atoms with Gasteiger partial charge < -0.3 is 5.32 Å². The monoisotopic (exact) mass is 321 g/mol. The van der Waals surface area contributed by atoms with Crippen molar-refractivity contribution in [2.75, 3.05) is 18.4 Å². The van der Waals surface area contributed by atoms with Crippen molar-refractivity contribution < 1.29 is 4.79 Å². The van der Waals surface area contributed by atoms with Crippen LogP contribution in [0.3, 0.4) is 0 Å². The van der Waals surface area contributed by atoms with Gasteiger partial charge in [0.15, 0.2) is 5.78 Å². The summed E-state index contributed by atoms with van der Waals surface area (Å²) < 4.78 is 0. The minimum atomic E-state index is 0.0632. The number of likely N-dealkylation sites (tertiary alicyclic amines) is 1. The third-order valence-electron chi connectivity index (χ3n) is 5.40. The molecule has 1 saturated heterocycles. The third kappa shape index (κ3) is 3.06. The molecule has 0 radical (unpaired) electrons. The lowest BCUT2D eigenvalue weighted by Crippen LogP contribution is -2.48. The van der Waals surface area contributed by atoms with Crippen molar-refractivity contribution in [2.24, 2.45) is 0 Å². The fourth-order valence-corrected chi connectivity index (χ4v) is 3.93. The highest BCUT2D eigenvalue weighted by Gasteiger charge is 2.37. The van der Waals surface area contributed by atoms with Crippen LogP contribution in [0.15, 0.2) is 48.8 Å². The Balaban J connectivity index is 1.46. The topological polar surface area (TPSA) is 45.2 Å². The molecule has 2 aliphatic rings. The number of benzene rings is 1. The molecule has 2 aromatic rings. The lowest BCUT2D eigenvalue weighted by atomic mass is 9.83. The van der Waals surface area contributed by atoms with Gasteiger partial charge in [-0.15, -0.1) is 0 Å². The zero-order chi connectivity index (χ0) is 16.4. The molecule has 4 heteroatoms. The molecule has 0 bridgehead atoms. The molecule has 1 aromatic heterocycles. The molecule has 3 heterocycles. The molecular formula is C20H23N3O. The minimum absolute atomic E-state index is 0.0632. The van der Waals surface area contributed by atoms with Crippen molar-refractivity contribution in [3.05, 3.63) is 59.9 Å². The normalized spacial score (nSPS) is 20.2. The third-order valence-corrected chi connectivity index (χ3v) is 5.40. The maximum atomic E-state index is 12.4. The van der Waals surface area contributed by atoms with E-state index in [4.69, 9.17) is 0 Å². The molecule has 0 saturated carbocycles. The Morgan fingerprint density at radius 3 is 2.71 bits per heavy atom. The molecular weight excluding hydrogens is 298 g/mol. The van der Waals surface area contributed by atoms with E-state index in [0.29, 0.717) is 6.42 Å². The number of rotatable bonds is 2. The van der Waals surface area contributed by atoms with Crippen molar-refractivity contribution >= 4 is 11.5 Å². The van der Waals surface area contributed by atoms with E-state index in [-0.39, 0.29) is 11.3 Å². The van der Waals surface area contributed by atoms with Gasteiger partial charge in [-0.25, -0.2) is 0 Å². The zero-order valence-electron chi connectivity index (χ0n) is 13.9. The number of nitrogens with one attached hydrogen (secondary N) is 1. The van der Waals surface area contributed by atoms with Gasteiger partial charge in [-0.1, -0.05) is 18.2 Å². The van der Waals surface area contributed by atoms with E-state index in [2.05, 4.69) is 21.3 Å². The largest absolute Gasteiger partial charge is 0.379 e. The quantitative estimate of drug-likeness (QED) is 0.919. The predicted octanol–water partition coefficient (Wildman–Crippen LogP) is 3.50. The highest BCUT2D eigenvalue weighted by Crippen LogP contribution is 2.36. The summed E-state index contributed by atoms with van der Waals surface area (Å²) in [6, 6.07) is 12.1. The molecule has 4 nitrogen and oxygen atoms in total. The number of pyridine rings is 1. The van der Waals surface area contributed by atoms with Crippen LogP contribution in [-0.2, 0) is 6.54 Å². The Hall–Kier alpha value is -2.20. The van der Waals surface area contributed by atoms with Crippen molar-refractivity contribution in [1.29, 1.82) is 0 Å². The Labute approximate surface area is 142 Å². The molecule has 2 aliphatic heterocycles. The van der Waals surface area contributed by atoms with Crippen LogP contribution < -0.4 is 5.32 Å². The SMILES string of the molecule is O=C1CCC2(CCN(Cc3cccnc3)CC2)Nc2ccccc21. The number of ketones is 1. The van der Waals surface area contributed by atoms with Crippen LogP contribution in [-0.4, -0.2) is 34.3 Å². The maximum absolute atomic E-state index is 12.4. The van der Waals surface area contributed by atoms with Gasteiger partial charge in [0, 0.05) is 55.2 Å². The van der Waals surface area contributed by atoms with E-state index in [1.807, 2.05) is 42.7 Å². The van der Waals surface area contributed by atoms with Gasteiger partial charge in [0.05, 0.1) is 0 Å². The molecule has 1 fully saturated rings. The van der Waals surface area contributed by atoms with Crippen molar-refractivity contribution in [3.8, 4) is 0 Å². The second-order valence-electron chi connectivity index (χ2n) is 7.01. The number of carbonyl (C=O) groups is 1. The summed E-state index contributed by atoms with van der Waals surface area (Å²) in [6.07, 6.45) is 7.50. The minimum Gasteiger partial charge on any atom is -0.379 e. The van der Waals surface area contributed by atoms with Gasteiger partial charge in [-0.3, -0.25) is 14.7 Å². The van der Waals surface area contributed by atoms with Gasteiger partial charge in [-0.2, -0.15) is 0 Å². The molecule has 4 rings (SSSR count). The first kappa shape index (κ1) is 15.3. The van der Waals surface area contributed by atoms with Gasteiger partial charge in [0.25, 0.3) is 0 Å². The fraction of sp³-hybridized carbons (Fsp3) is 0.400. The number of anilines is 1. The molecule has 1 N–H and O–H groups in total. The summed E-state index contributed by atoms with van der Waals surface area (Å²) in [5.41, 5.74) is 3.20. The molecule has 124 valence electrons. The van der Waals surface area contributed by atoms with Gasteiger partial charge >= 0.3 is 0 Å². The number of Topliss-reactive ketones (excluding diaryl/α,β-unsaturated/α-hetero) is 1. The summed E-state index contributed by atoms with van der Waals surface area (Å²) in [5, 5.41) is 3.73. The second kappa shape index (κ2) is 6.36. The molecule has 0 unspecified atom stereocenters. The second-order valence-corrected chi connectivity index (χ2v) is 7.01. The average Bonchev–Trinajstić information content (AvgIpc) is 2.76. The Morgan fingerprint density at radius 1 is 1.08 bits per heavy atom. The van der Waals surface area contributed by atoms with Crippen molar-refractivity contribution in [2.45, 2.75) is 37.8 Å². The highest BCUT2D eigenvalue weighted by atomic mass is 16.1. The number of fused-ring (bicyclic) bond motifs is 1. The standard InChI is InChI=1S/C20H23N3O/c24-19-7-8-20(22-18-6-2-1-5-17(18)19)9-12-23(13-10-20)15-16-4-3-11-21-14-16/h1-6,11,14,22H,7-10,12-13,15H2. The highest BCUT2D eigenvalue weighted by molar-refractivity contribution is 6.02. The first-order valence-corrected chi connectivity index (χ1v) is 8.76. The summed E-state index contributed by atoms with van der Waals surface area (Å²) in [4.78, 5) is 19.1. The number of piperidine rings is 1. The number of hydrogen-bond donors (Lipinski definition) is 1. The average molecular weight is 321 g/mol. The summed E-state index contributed by atoms with van der Waals surface area (Å²) >= 11 is 0. The Bertz CT molecular complexity index is 721. The fourth-order valence-electron chi connectivity index (χ4n) is 3.93. The lowest BCUT2D eigenvalue weighted by Gasteiger charge is -2.42. The van der Waals surface area contributed by atoms with Crippen LogP contribution in [0.2, 0.25) is 0 Å². The lowest BCUT2D eigenvalue weighted by molar-refractivity contribution is 0.0964. The number of aromatic nitrogens is 1. The maximum Gasteiger partial charge on any atom is 0.165 e. The van der Waals surface area contributed by atoms with Gasteiger partial charge in [-0.05, 0) is 43.0 Å². The van der Waals surface area contributed by atoms with E-state index in [1.54, 1.807) is 0 Å². The Kier molecular flexibility index (Phi) is 4.07. The molecule has 24 heavy (non-hydrogen) atoms. The van der Waals surface area contributed by atoms with E-state index in [9.17, 15) is 4.79 Å². The molecule has 1 aromatic carbocycles. The zero-order valence-corrected chi connectivity index (χ0v) is 13.9. The predicted molar refractivity (Wildman–Crippen MR) is 95.1 cm³/mol. The van der Waals surface area contributed by atoms with Crippen LogP contribution in [0.25, 0.3) is 0 Å². The molecule has 0 aliphatic carbocycles. The first-order valence-electron chi connectivity index (χ1n) is 8.76. The number of para-hydroxylation sites is 1. The van der Waals surface area contributed by atoms with Crippen molar-refractivity contribution in [1.82, 2.24) is 9.88 Å². The smallest absolute Gasteiger partial charge is 0.165 e. The summed E-state index contributed by atoms with van der Waals surface area (Å²) in [6.45, 7) is 3.07. The van der Waals surface area contributed by atoms with Crippen LogP contribution in [0.4, 0.5) is 5.69 Å². The number of nitrogens with zero attached hydrogens (tertiary/aromatic N) is 2. The molecule has 0 amide bonds. The van der Waals surface area contributed by atoms with Crippen LogP contribution in [0.1, 0.15) is 41.6 Å². The summed E-state index contributed by atoms with van der Waals surface area (Å²) in [5.74, 6) is 0.271. The first-order chi connectivity index (χ1) is 11.7. The molecule has 0 atom stereocenters. The number of hydrogen-bond acceptors (Lipinski definition) is 4. The van der Waals surface area contributed by atoms with E-state index < -0.39 is 0 Å². The van der Waals surface area contributed by atoms with Crippen molar-refractivity contribution in [3.63, 3.8) is 0 Å². The van der Waals surface area contributed by atoms with Gasteiger partial charge in [0.2, 0.25) is 0 Å². The Morgan fingerprint density at radius 2 is 1.92 bits per heavy atom.